The number of H-pyrrole nitrogens is 8. The van der Waals surface area contributed by atoms with Crippen LogP contribution in [0.3, 0.4) is 0 Å². The van der Waals surface area contributed by atoms with Crippen LogP contribution in [-0.2, 0) is 54.8 Å². The van der Waals surface area contributed by atoms with Gasteiger partial charge in [-0.15, -0.1) is 11.8 Å². The summed E-state index contributed by atoms with van der Waals surface area (Å²) >= 11 is 20.8. The van der Waals surface area contributed by atoms with E-state index >= 15 is 0 Å². The molecule has 8 aliphatic heterocycles. The molecule has 26 nitrogen and oxygen atoms in total. The number of imidazole rings is 8. The summed E-state index contributed by atoms with van der Waals surface area (Å²) in [6, 6.07) is 36.4. The molecule has 0 saturated heterocycles. The summed E-state index contributed by atoms with van der Waals surface area (Å²) in [6.45, 7) is 46.4. The lowest BCUT2D eigenvalue weighted by Gasteiger charge is -2.22. The molecular formula is C109H105Cl3F6N24O2S. The molecule has 16 aromatic rings. The number of rotatable bonds is 8. The standard InChI is InChI=1S/2C14H13ClFN3.C14H14ClN3.C14H13F2N3.C14H14FN3.C13H12FN3O.C13H13N3O.C13H13N3S/c1-7-3-4-9-11(17-7)6-5-10(12(9)16)13-14(15)19-8(2)18-13;1-7-3-4-9-11(17-7)6-5-10(12(9)15)13-14(16)19-8(2)18-13;1-8-3-4-10-12(17-8)6-5-11(14(10)15)13-7-16-9(2)18-13;1-7-3-4-9-11(17-7)6-5-10(12(9)15)13-14(16)19-8(2)18-13;1-8-3-4-10-12(17-8)6-5-11(14(10)15)13-7-16-9(2)18-13;1-7-15-12(13(14)16-7)9-3-4-11-10(5-9)6-18-8(2)17-11;1-8-14-6-13(15-8)10-3-4-12-11(5-10)7-17-9(2)16-12;1-8-7-17-13-5-10(3-4-11(13)15-8)12-6-14-9(2)16-12/h2*5-6,17H,1,3-4H2,2H3,(H,18,19);5-7,17H,1,3-4H2,2H3,(H,16,18);5-6,17H,1,3-4H2,2H3,(H,18,19);5-7,17H,1,3-4H2,2H3,(H,16,18);3-5,17H,2,6H2,1H3,(H,15,16);3-6,16H,2,7H2,1H3,(H,14,15);3-6,15H,1,7H2,2H3,(H,14,16). The van der Waals surface area contributed by atoms with Crippen molar-refractivity contribution in [2.24, 2.45) is 0 Å². The number of fused-ring (bicyclic) bond motifs is 8. The third kappa shape index (κ3) is 23.3. The molecule has 16 heterocycles. The van der Waals surface area contributed by atoms with Gasteiger partial charge in [0.1, 0.15) is 105 Å². The molecule has 0 saturated carbocycles. The normalized spacial score (nSPS) is 14.1. The molecule has 8 aromatic heterocycles. The highest BCUT2D eigenvalue weighted by Gasteiger charge is 2.29. The summed E-state index contributed by atoms with van der Waals surface area (Å²) in [7, 11) is 0. The van der Waals surface area contributed by atoms with Gasteiger partial charge in [0.05, 0.1) is 63.3 Å². The first kappa shape index (κ1) is 101. The van der Waals surface area contributed by atoms with Gasteiger partial charge in [-0.05, 0) is 241 Å². The van der Waals surface area contributed by atoms with Crippen molar-refractivity contribution in [1.29, 1.82) is 0 Å². The third-order valence-electron chi connectivity index (χ3n) is 24.6. The Morgan fingerprint density at radius 3 is 1.02 bits per heavy atom. The number of nitrogens with one attached hydrogen (secondary N) is 16. The summed E-state index contributed by atoms with van der Waals surface area (Å²) < 4.78 is 95.2. The van der Waals surface area contributed by atoms with Crippen LogP contribution in [0.4, 0.5) is 71.8 Å². The van der Waals surface area contributed by atoms with E-state index in [4.69, 9.17) is 44.3 Å². The van der Waals surface area contributed by atoms with Gasteiger partial charge in [-0.3, -0.25) is 0 Å². The van der Waals surface area contributed by atoms with E-state index in [9.17, 15) is 26.3 Å². The van der Waals surface area contributed by atoms with Crippen LogP contribution in [0.25, 0.3) is 90.1 Å². The fourth-order valence-corrected chi connectivity index (χ4v) is 19.2. The summed E-state index contributed by atoms with van der Waals surface area (Å²) in [5.74, 6) is 5.47. The SMILES string of the molecule is C=C1CCc2c(ccc(-c3cnc(C)[nH]3)c2Cl)N1.C=C1CCc2c(ccc(-c3cnc(C)[nH]3)c2F)N1.C=C1CCc2c(ccc(-c3nc(C)[nH]c3Cl)c2F)N1.C=C1CCc2c(ccc(-c3nc(C)[nH]c3F)c2Cl)N1.C=C1CCc2c(ccc(-c3nc(C)[nH]c3F)c2F)N1.C=C1CSc2cc(-c3cnc(C)[nH]3)ccc2N1.C=C1Nc2ccc(-c3cnc(C)[nH]3)cc2CO1.C=C1Nc2ccc(-c3nc(C)[nH]c3F)cc2CO1. The van der Waals surface area contributed by atoms with E-state index in [2.05, 4.69) is 211 Å². The number of aryl methyl sites for hydroxylation is 8. The van der Waals surface area contributed by atoms with Gasteiger partial charge in [-0.1, -0.05) is 92.5 Å². The third-order valence-corrected chi connectivity index (χ3v) is 26.9. The maximum Gasteiger partial charge on any atom is 0.219 e. The number of halogens is 9. The largest absolute Gasteiger partial charge is 0.475 e. The second-order valence-corrected chi connectivity index (χ2v) is 37.7. The number of aromatic nitrogens is 16. The highest BCUT2D eigenvalue weighted by molar-refractivity contribution is 7.99. The zero-order valence-corrected chi connectivity index (χ0v) is 83.9. The van der Waals surface area contributed by atoms with Crippen LogP contribution in [0.15, 0.2) is 244 Å². The second kappa shape index (κ2) is 43.5. The Labute approximate surface area is 852 Å². The Kier molecular flexibility index (Phi) is 30.2. The van der Waals surface area contributed by atoms with Crippen LogP contribution >= 0.6 is 46.6 Å². The van der Waals surface area contributed by atoms with Crippen molar-refractivity contribution in [3.8, 4) is 90.1 Å². The minimum absolute atomic E-state index is 0.0298. The quantitative estimate of drug-likeness (QED) is 0.0628. The first-order valence-electron chi connectivity index (χ1n) is 46.5. The van der Waals surface area contributed by atoms with E-state index in [1.807, 2.05) is 107 Å². The molecule has 36 heteroatoms. The molecule has 0 fully saturated rings. The summed E-state index contributed by atoms with van der Waals surface area (Å²) in [6.07, 6.45) is 14.8. The lowest BCUT2D eigenvalue weighted by molar-refractivity contribution is 0.198. The average Bonchev–Trinajstić information content (AvgIpc) is 1.74. The van der Waals surface area contributed by atoms with Gasteiger partial charge in [0.25, 0.3) is 0 Å². The van der Waals surface area contributed by atoms with Crippen molar-refractivity contribution in [2.75, 3.05) is 48.3 Å². The van der Waals surface area contributed by atoms with Gasteiger partial charge < -0.3 is 91.9 Å². The number of ether oxygens (including phenoxy) is 2. The van der Waals surface area contributed by atoms with Crippen molar-refractivity contribution in [3.05, 3.63) is 375 Å². The molecule has 8 aliphatic rings. The predicted molar refractivity (Wildman–Crippen MR) is 569 cm³/mol. The molecule has 16 N–H and O–H groups in total. The molecule has 24 rings (SSSR count). The first-order chi connectivity index (χ1) is 69.5. The molecule has 0 radical (unpaired) electrons. The number of benzene rings is 8. The van der Waals surface area contributed by atoms with E-state index < -0.39 is 23.7 Å². The fraction of sp³-hybridized carbons (Fsp3) is 0.193. The van der Waals surface area contributed by atoms with E-state index in [0.29, 0.717) is 129 Å². The molecule has 145 heavy (non-hydrogen) atoms. The van der Waals surface area contributed by atoms with Crippen LogP contribution in [0.5, 0.6) is 0 Å². The predicted octanol–water partition coefficient (Wildman–Crippen LogP) is 28.1. The van der Waals surface area contributed by atoms with Crippen LogP contribution in [0.2, 0.25) is 15.2 Å². The Bertz CT molecular complexity index is 7300. The van der Waals surface area contributed by atoms with Gasteiger partial charge in [-0.25, -0.2) is 53.0 Å². The van der Waals surface area contributed by atoms with Crippen LogP contribution in [0, 0.1) is 90.7 Å². The molecule has 742 valence electrons. The van der Waals surface area contributed by atoms with Crippen molar-refractivity contribution in [3.63, 3.8) is 0 Å². The minimum Gasteiger partial charge on any atom is -0.475 e. The maximum atomic E-state index is 14.6. The van der Waals surface area contributed by atoms with Crippen molar-refractivity contribution in [2.45, 2.75) is 138 Å². The number of hydrogen-bond donors (Lipinski definition) is 16. The highest BCUT2D eigenvalue weighted by Crippen LogP contribution is 2.45. The van der Waals surface area contributed by atoms with Crippen LogP contribution in [0.1, 0.15) is 118 Å². The van der Waals surface area contributed by atoms with Crippen molar-refractivity contribution < 1.29 is 35.8 Å². The lowest BCUT2D eigenvalue weighted by Crippen LogP contribution is -2.11. The summed E-state index contributed by atoms with van der Waals surface area (Å²) in [5.41, 5.74) is 30.1. The maximum absolute atomic E-state index is 14.6. The van der Waals surface area contributed by atoms with Crippen LogP contribution < -0.4 is 42.5 Å². The lowest BCUT2D eigenvalue weighted by atomic mass is 9.97. The number of aromatic amines is 8. The molecule has 0 spiro atoms. The van der Waals surface area contributed by atoms with E-state index in [1.165, 1.54) is 10.5 Å². The Morgan fingerprint density at radius 2 is 0.607 bits per heavy atom. The molecular weight excluding hydrogens is 1930 g/mol. The second-order valence-electron chi connectivity index (χ2n) is 35.5. The van der Waals surface area contributed by atoms with Gasteiger partial charge in [0.15, 0.2) is 11.8 Å². The van der Waals surface area contributed by atoms with Crippen molar-refractivity contribution in [1.82, 2.24) is 79.7 Å². The zero-order chi connectivity index (χ0) is 102. The topological polar surface area (TPSA) is 344 Å². The summed E-state index contributed by atoms with van der Waals surface area (Å²) in [4.78, 5) is 57.7. The van der Waals surface area contributed by atoms with E-state index in [-0.39, 0.29) is 28.6 Å². The Balaban J connectivity index is 0.000000114. The summed E-state index contributed by atoms with van der Waals surface area (Å²) in [5, 5.41) is 26.9. The highest BCUT2D eigenvalue weighted by atomic mass is 35.5. The van der Waals surface area contributed by atoms with Gasteiger partial charge in [-0.2, -0.15) is 13.2 Å². The van der Waals surface area contributed by atoms with Gasteiger partial charge in [0, 0.05) is 157 Å². The number of nitrogens with zero attached hydrogens (tertiary/aromatic N) is 8. The fourth-order valence-electron chi connectivity index (χ4n) is 17.3. The van der Waals surface area contributed by atoms with Gasteiger partial charge in [0.2, 0.25) is 17.8 Å². The molecule has 0 amide bonds. The first-order valence-corrected chi connectivity index (χ1v) is 48.6. The van der Waals surface area contributed by atoms with Gasteiger partial charge >= 0.3 is 0 Å². The molecule has 0 atom stereocenters. The monoisotopic (exact) mass is 2030 g/mol. The molecule has 0 bridgehead atoms. The Morgan fingerprint density at radius 1 is 0.290 bits per heavy atom. The smallest absolute Gasteiger partial charge is 0.219 e. The molecule has 0 unspecified atom stereocenters. The van der Waals surface area contributed by atoms with E-state index in [1.54, 1.807) is 64.2 Å². The number of thioether (sulfide) groups is 1. The zero-order valence-electron chi connectivity index (χ0n) is 80.8. The minimum atomic E-state index is -0.607. The number of hydrogen-bond acceptors (Lipinski definition) is 19. The van der Waals surface area contributed by atoms with Crippen molar-refractivity contribution >= 4 is 92.1 Å². The number of allylic oxidation sites excluding steroid dienone is 5. The van der Waals surface area contributed by atoms with Crippen LogP contribution in [-0.4, -0.2) is 85.5 Å². The van der Waals surface area contributed by atoms with E-state index in [0.717, 1.165) is 214 Å². The Hall–Kier alpha value is -15.8. The molecule has 8 aromatic carbocycles. The molecule has 0 aliphatic carbocycles. The average molecular weight is 2040 g/mol. The number of anilines is 8.